The van der Waals surface area contributed by atoms with Crippen LogP contribution in [0.25, 0.3) is 0 Å². The molecule has 6 nitrogen and oxygen atoms in total. The molecule has 0 unspecified atom stereocenters. The predicted octanol–water partition coefficient (Wildman–Crippen LogP) is 4.52. The lowest BCUT2D eigenvalue weighted by atomic mass is 10.1. The quantitative estimate of drug-likeness (QED) is 0.228. The Morgan fingerprint density at radius 3 is 2.73 bits per heavy atom. The lowest BCUT2D eigenvalue weighted by molar-refractivity contribution is -0.123. The molecule has 160 valence electrons. The van der Waals surface area contributed by atoms with Crippen molar-refractivity contribution >= 4 is 12.1 Å². The van der Waals surface area contributed by atoms with Gasteiger partial charge in [-0.15, -0.1) is 6.58 Å². The third-order valence-corrected chi connectivity index (χ3v) is 4.31. The van der Waals surface area contributed by atoms with Crippen LogP contribution in [-0.4, -0.2) is 32.4 Å². The summed E-state index contributed by atoms with van der Waals surface area (Å²) < 4.78 is 16.7. The van der Waals surface area contributed by atoms with Crippen LogP contribution in [0.4, 0.5) is 0 Å². The Morgan fingerprint density at radius 1 is 1.13 bits per heavy atom. The maximum Gasteiger partial charge on any atom is 0.277 e. The number of hydrogen-bond acceptors (Lipinski definition) is 5. The maximum atomic E-state index is 12.1. The summed E-state index contributed by atoms with van der Waals surface area (Å²) in [6.07, 6.45) is 7.25. The van der Waals surface area contributed by atoms with Crippen LogP contribution < -0.4 is 19.6 Å². The maximum absolute atomic E-state index is 12.1. The van der Waals surface area contributed by atoms with Gasteiger partial charge in [-0.25, -0.2) is 5.43 Å². The van der Waals surface area contributed by atoms with Gasteiger partial charge in [-0.05, 0) is 42.7 Å². The van der Waals surface area contributed by atoms with E-state index in [0.29, 0.717) is 30.3 Å². The van der Waals surface area contributed by atoms with Gasteiger partial charge in [0.25, 0.3) is 5.91 Å². The van der Waals surface area contributed by atoms with E-state index in [1.165, 1.54) is 0 Å². The summed E-state index contributed by atoms with van der Waals surface area (Å²) in [6, 6.07) is 13.0. The van der Waals surface area contributed by atoms with Crippen molar-refractivity contribution < 1.29 is 19.0 Å². The number of hydrazone groups is 1. The Kier molecular flexibility index (Phi) is 10.00. The summed E-state index contributed by atoms with van der Waals surface area (Å²) in [7, 11) is 1.60. The van der Waals surface area contributed by atoms with Crippen LogP contribution >= 0.6 is 0 Å². The second-order valence-electron chi connectivity index (χ2n) is 6.64. The fourth-order valence-corrected chi connectivity index (χ4v) is 2.74. The number of hydrogen-bond donors (Lipinski definition) is 1. The summed E-state index contributed by atoms with van der Waals surface area (Å²) >= 11 is 0. The van der Waals surface area contributed by atoms with Gasteiger partial charge in [0.2, 0.25) is 0 Å². The third kappa shape index (κ3) is 7.62. The molecule has 2 rings (SSSR count). The first kappa shape index (κ1) is 23.0. The first-order chi connectivity index (χ1) is 14.7. The van der Waals surface area contributed by atoms with Crippen molar-refractivity contribution in [2.45, 2.75) is 32.6 Å². The lowest BCUT2D eigenvalue weighted by Crippen LogP contribution is -2.24. The van der Waals surface area contributed by atoms with Gasteiger partial charge in [0.15, 0.2) is 6.61 Å². The first-order valence-corrected chi connectivity index (χ1v) is 10.1. The molecule has 2 aromatic rings. The molecular formula is C24H30N2O4. The van der Waals surface area contributed by atoms with E-state index in [9.17, 15) is 4.79 Å². The number of amides is 1. The zero-order valence-electron chi connectivity index (χ0n) is 17.7. The number of unbranched alkanes of at least 4 members (excludes halogenated alkanes) is 2. The van der Waals surface area contributed by atoms with E-state index >= 15 is 0 Å². The molecule has 1 amide bonds. The standard InChI is InChI=1S/C24H30N2O4/c1-4-6-9-15-29-23-14-13-21(28-3)16-20(23)17-25-26-24(27)18-30-22-12-8-7-11-19(22)10-5-2/h5,7-8,11-14,16-17H,2,4,6,9-10,15,18H2,1,3H3,(H,26,27). The van der Waals surface area contributed by atoms with E-state index in [2.05, 4.69) is 24.0 Å². The SMILES string of the molecule is C=CCc1ccccc1OCC(=O)NN=Cc1cc(OC)ccc1OCCCCC. The molecule has 6 heteroatoms. The van der Waals surface area contributed by atoms with Gasteiger partial charge < -0.3 is 14.2 Å². The van der Waals surface area contributed by atoms with Crippen molar-refractivity contribution in [3.8, 4) is 17.2 Å². The average molecular weight is 411 g/mol. The van der Waals surface area contributed by atoms with E-state index in [1.807, 2.05) is 42.5 Å². The molecule has 0 fully saturated rings. The van der Waals surface area contributed by atoms with E-state index in [0.717, 1.165) is 30.4 Å². The number of nitrogens with one attached hydrogen (secondary N) is 1. The van der Waals surface area contributed by atoms with Gasteiger partial charge in [0.1, 0.15) is 17.2 Å². The molecule has 0 aliphatic heterocycles. The zero-order valence-corrected chi connectivity index (χ0v) is 17.7. The van der Waals surface area contributed by atoms with Crippen molar-refractivity contribution in [3.05, 3.63) is 66.2 Å². The number of ether oxygens (including phenoxy) is 3. The summed E-state index contributed by atoms with van der Waals surface area (Å²) in [5.41, 5.74) is 4.19. The fraction of sp³-hybridized carbons (Fsp3) is 0.333. The van der Waals surface area contributed by atoms with Gasteiger partial charge in [-0.2, -0.15) is 5.10 Å². The Balaban J connectivity index is 1.93. The Morgan fingerprint density at radius 2 is 1.97 bits per heavy atom. The molecule has 1 N–H and O–H groups in total. The van der Waals surface area contributed by atoms with Crippen molar-refractivity contribution in [3.63, 3.8) is 0 Å². The van der Waals surface area contributed by atoms with Gasteiger partial charge >= 0.3 is 0 Å². The predicted molar refractivity (Wildman–Crippen MR) is 120 cm³/mol. The molecule has 0 saturated heterocycles. The fourth-order valence-electron chi connectivity index (χ4n) is 2.74. The molecule has 2 aromatic carbocycles. The smallest absolute Gasteiger partial charge is 0.277 e. The van der Waals surface area contributed by atoms with Crippen LogP contribution in [0.15, 0.2) is 60.2 Å². The molecule has 0 radical (unpaired) electrons. The number of carbonyl (C=O) groups excluding carboxylic acids is 1. The number of benzene rings is 2. The molecule has 0 bridgehead atoms. The second kappa shape index (κ2) is 13.0. The number of para-hydroxylation sites is 1. The van der Waals surface area contributed by atoms with Crippen LogP contribution in [0.1, 0.15) is 37.3 Å². The molecule has 30 heavy (non-hydrogen) atoms. The highest BCUT2D eigenvalue weighted by atomic mass is 16.5. The van der Waals surface area contributed by atoms with E-state index in [-0.39, 0.29) is 12.5 Å². The van der Waals surface area contributed by atoms with Crippen molar-refractivity contribution in [2.24, 2.45) is 5.10 Å². The molecule has 0 spiro atoms. The Labute approximate surface area is 178 Å². The highest BCUT2D eigenvalue weighted by molar-refractivity contribution is 5.86. The summed E-state index contributed by atoms with van der Waals surface area (Å²) in [4.78, 5) is 12.1. The van der Waals surface area contributed by atoms with Crippen LogP contribution in [0.2, 0.25) is 0 Å². The molecular weight excluding hydrogens is 380 g/mol. The molecule has 0 aromatic heterocycles. The first-order valence-electron chi connectivity index (χ1n) is 10.1. The van der Waals surface area contributed by atoms with Gasteiger partial charge in [-0.3, -0.25) is 4.79 Å². The number of methoxy groups -OCH3 is 1. The highest BCUT2D eigenvalue weighted by Gasteiger charge is 2.07. The minimum atomic E-state index is -0.354. The molecule has 0 aliphatic rings. The normalized spacial score (nSPS) is 10.6. The van der Waals surface area contributed by atoms with Crippen molar-refractivity contribution in [1.29, 1.82) is 0 Å². The topological polar surface area (TPSA) is 69.2 Å². The Bertz CT molecular complexity index is 849. The number of nitrogens with zero attached hydrogens (tertiary/aromatic N) is 1. The Hall–Kier alpha value is -3.28. The number of allylic oxidation sites excluding steroid dienone is 1. The minimum absolute atomic E-state index is 0.135. The number of rotatable bonds is 13. The largest absolute Gasteiger partial charge is 0.497 e. The van der Waals surface area contributed by atoms with E-state index < -0.39 is 0 Å². The van der Waals surface area contributed by atoms with Crippen LogP contribution in [-0.2, 0) is 11.2 Å². The van der Waals surface area contributed by atoms with Crippen molar-refractivity contribution in [2.75, 3.05) is 20.3 Å². The van der Waals surface area contributed by atoms with Crippen LogP contribution in [0, 0.1) is 0 Å². The average Bonchev–Trinajstić information content (AvgIpc) is 2.77. The van der Waals surface area contributed by atoms with Gasteiger partial charge in [-0.1, -0.05) is 44.0 Å². The zero-order chi connectivity index (χ0) is 21.6. The molecule has 0 aliphatic carbocycles. The monoisotopic (exact) mass is 410 g/mol. The van der Waals surface area contributed by atoms with Crippen molar-refractivity contribution in [1.82, 2.24) is 5.43 Å². The summed E-state index contributed by atoms with van der Waals surface area (Å²) in [5.74, 6) is 1.69. The molecule has 0 atom stereocenters. The lowest BCUT2D eigenvalue weighted by Gasteiger charge is -2.11. The van der Waals surface area contributed by atoms with Gasteiger partial charge in [0.05, 0.1) is 19.9 Å². The third-order valence-electron chi connectivity index (χ3n) is 4.31. The minimum Gasteiger partial charge on any atom is -0.497 e. The van der Waals surface area contributed by atoms with Crippen LogP contribution in [0.3, 0.4) is 0 Å². The summed E-state index contributed by atoms with van der Waals surface area (Å²) in [5, 5.41) is 4.04. The van der Waals surface area contributed by atoms with Gasteiger partial charge in [0, 0.05) is 5.56 Å². The molecule has 0 saturated carbocycles. The summed E-state index contributed by atoms with van der Waals surface area (Å²) in [6.45, 7) is 6.38. The van der Waals surface area contributed by atoms with E-state index in [4.69, 9.17) is 14.2 Å². The highest BCUT2D eigenvalue weighted by Crippen LogP contribution is 2.23. The van der Waals surface area contributed by atoms with Crippen LogP contribution in [0.5, 0.6) is 17.2 Å². The second-order valence-corrected chi connectivity index (χ2v) is 6.64. The molecule has 0 heterocycles. The van der Waals surface area contributed by atoms with E-state index in [1.54, 1.807) is 19.4 Å². The number of carbonyl (C=O) groups is 1.